The molecule has 2 unspecified atom stereocenters. The number of ether oxygens (including phenoxy) is 1. The number of fused-ring (bicyclic) bond motifs is 1. The van der Waals surface area contributed by atoms with Crippen molar-refractivity contribution in [3.8, 4) is 0 Å². The number of H-pyrrole nitrogens is 1. The SMILES string of the molecule is CC(C)(C)OC(=O)NC(Cc1cnc[nH]1)C(=O)NNC(=O)C1Cc2ccccc21. The average Bonchev–Trinajstić information content (AvgIpc) is 3.11. The van der Waals surface area contributed by atoms with Crippen molar-refractivity contribution in [3.63, 3.8) is 0 Å². The summed E-state index contributed by atoms with van der Waals surface area (Å²) < 4.78 is 5.22. The summed E-state index contributed by atoms with van der Waals surface area (Å²) >= 11 is 0. The second kappa shape index (κ2) is 8.34. The molecule has 9 nitrogen and oxygen atoms in total. The molecule has 0 radical (unpaired) electrons. The van der Waals surface area contributed by atoms with E-state index in [0.717, 1.165) is 11.1 Å². The summed E-state index contributed by atoms with van der Waals surface area (Å²) in [6, 6.07) is 6.72. The van der Waals surface area contributed by atoms with Crippen LogP contribution < -0.4 is 16.2 Å². The smallest absolute Gasteiger partial charge is 0.408 e. The number of rotatable bonds is 5. The lowest BCUT2D eigenvalue weighted by atomic mass is 9.77. The number of hydrogen-bond donors (Lipinski definition) is 4. The zero-order valence-electron chi connectivity index (χ0n) is 16.6. The van der Waals surface area contributed by atoms with Gasteiger partial charge in [-0.3, -0.25) is 20.4 Å². The van der Waals surface area contributed by atoms with Gasteiger partial charge in [0.2, 0.25) is 5.91 Å². The van der Waals surface area contributed by atoms with Gasteiger partial charge in [-0.15, -0.1) is 0 Å². The van der Waals surface area contributed by atoms with E-state index in [1.54, 1.807) is 27.0 Å². The lowest BCUT2D eigenvalue weighted by molar-refractivity contribution is -0.131. The molecule has 0 saturated carbocycles. The molecular weight excluding hydrogens is 374 g/mol. The first kappa shape index (κ1) is 20.4. The Bertz CT molecular complexity index is 889. The topological polar surface area (TPSA) is 125 Å². The number of nitrogens with zero attached hydrogens (tertiary/aromatic N) is 1. The number of hydrazine groups is 1. The van der Waals surface area contributed by atoms with E-state index in [-0.39, 0.29) is 18.2 Å². The molecule has 1 heterocycles. The predicted molar refractivity (Wildman–Crippen MR) is 105 cm³/mol. The van der Waals surface area contributed by atoms with Gasteiger partial charge in [-0.1, -0.05) is 24.3 Å². The van der Waals surface area contributed by atoms with Crippen molar-refractivity contribution < 1.29 is 19.1 Å². The van der Waals surface area contributed by atoms with Crippen LogP contribution in [0, 0.1) is 0 Å². The molecule has 2 aromatic rings. The predicted octanol–water partition coefficient (Wildman–Crippen LogP) is 1.33. The molecule has 3 rings (SSSR count). The number of carbonyl (C=O) groups excluding carboxylic acids is 3. The third-order valence-electron chi connectivity index (χ3n) is 4.47. The van der Waals surface area contributed by atoms with Crippen LogP contribution in [0.4, 0.5) is 4.79 Å². The fraction of sp³-hybridized carbons (Fsp3) is 0.400. The van der Waals surface area contributed by atoms with Crippen molar-refractivity contribution in [3.05, 3.63) is 53.6 Å². The van der Waals surface area contributed by atoms with Gasteiger partial charge in [-0.05, 0) is 38.3 Å². The zero-order valence-corrected chi connectivity index (χ0v) is 16.6. The first-order valence-corrected chi connectivity index (χ1v) is 9.37. The van der Waals surface area contributed by atoms with Crippen LogP contribution in [0.1, 0.15) is 43.5 Å². The van der Waals surface area contributed by atoms with Crippen LogP contribution in [-0.2, 0) is 27.2 Å². The zero-order chi connectivity index (χ0) is 21.0. The second-order valence-electron chi connectivity index (χ2n) is 7.91. The molecular formula is C20H25N5O4. The number of amides is 3. The van der Waals surface area contributed by atoms with Crippen LogP contribution in [-0.4, -0.2) is 39.5 Å². The molecule has 9 heteroatoms. The van der Waals surface area contributed by atoms with E-state index in [9.17, 15) is 14.4 Å². The lowest BCUT2D eigenvalue weighted by Gasteiger charge is -2.29. The van der Waals surface area contributed by atoms with E-state index in [4.69, 9.17) is 4.74 Å². The number of carbonyl (C=O) groups is 3. The van der Waals surface area contributed by atoms with E-state index >= 15 is 0 Å². The van der Waals surface area contributed by atoms with Crippen LogP contribution >= 0.6 is 0 Å². The molecule has 3 amide bonds. The number of imidazole rings is 1. The maximum Gasteiger partial charge on any atom is 0.408 e. The molecule has 154 valence electrons. The monoisotopic (exact) mass is 399 g/mol. The van der Waals surface area contributed by atoms with Gasteiger partial charge in [-0.25, -0.2) is 9.78 Å². The third-order valence-corrected chi connectivity index (χ3v) is 4.47. The lowest BCUT2D eigenvalue weighted by Crippen LogP contribution is -2.55. The highest BCUT2D eigenvalue weighted by atomic mass is 16.6. The molecule has 0 fully saturated rings. The van der Waals surface area contributed by atoms with Gasteiger partial charge in [0.1, 0.15) is 11.6 Å². The van der Waals surface area contributed by atoms with Gasteiger partial charge in [-0.2, -0.15) is 0 Å². The van der Waals surface area contributed by atoms with Crippen molar-refractivity contribution in [2.24, 2.45) is 0 Å². The van der Waals surface area contributed by atoms with Gasteiger partial charge in [0.05, 0.1) is 12.2 Å². The van der Waals surface area contributed by atoms with Crippen LogP contribution in [0.2, 0.25) is 0 Å². The minimum atomic E-state index is -0.959. The Hall–Kier alpha value is -3.36. The largest absolute Gasteiger partial charge is 0.444 e. The minimum absolute atomic E-state index is 0.160. The van der Waals surface area contributed by atoms with Gasteiger partial charge < -0.3 is 15.0 Å². The van der Waals surface area contributed by atoms with Crippen LogP contribution in [0.15, 0.2) is 36.8 Å². The third kappa shape index (κ3) is 5.34. The van der Waals surface area contributed by atoms with E-state index in [2.05, 4.69) is 26.1 Å². The fourth-order valence-electron chi connectivity index (χ4n) is 3.07. The highest BCUT2D eigenvalue weighted by Crippen LogP contribution is 2.34. The summed E-state index contributed by atoms with van der Waals surface area (Å²) in [7, 11) is 0. The molecule has 4 N–H and O–H groups in total. The van der Waals surface area contributed by atoms with Crippen molar-refractivity contribution in [2.45, 2.75) is 51.2 Å². The van der Waals surface area contributed by atoms with E-state index in [1.807, 2.05) is 24.3 Å². The molecule has 2 atom stereocenters. The first-order chi connectivity index (χ1) is 13.7. The van der Waals surface area contributed by atoms with E-state index in [0.29, 0.717) is 12.1 Å². The maximum atomic E-state index is 12.6. The Labute approximate surface area is 168 Å². The highest BCUT2D eigenvalue weighted by molar-refractivity contribution is 5.91. The van der Waals surface area contributed by atoms with Crippen LogP contribution in [0.3, 0.4) is 0 Å². The van der Waals surface area contributed by atoms with Crippen molar-refractivity contribution in [1.29, 1.82) is 0 Å². The normalized spacial score (nSPS) is 16.0. The van der Waals surface area contributed by atoms with Gasteiger partial charge in [0.15, 0.2) is 0 Å². The van der Waals surface area contributed by atoms with E-state index in [1.165, 1.54) is 6.33 Å². The quantitative estimate of drug-likeness (QED) is 0.565. The molecule has 0 saturated heterocycles. The van der Waals surface area contributed by atoms with Crippen LogP contribution in [0.25, 0.3) is 0 Å². The Morgan fingerprint density at radius 3 is 2.66 bits per heavy atom. The van der Waals surface area contributed by atoms with Crippen molar-refractivity contribution in [1.82, 2.24) is 26.1 Å². The summed E-state index contributed by atoms with van der Waals surface area (Å²) in [4.78, 5) is 43.9. The Kier molecular flexibility index (Phi) is 5.86. The number of nitrogens with one attached hydrogen (secondary N) is 4. The molecule has 1 aromatic heterocycles. The number of alkyl carbamates (subject to hydrolysis) is 1. The molecule has 1 aliphatic carbocycles. The summed E-state index contributed by atoms with van der Waals surface area (Å²) in [6.45, 7) is 5.19. The molecule has 1 aromatic carbocycles. The number of hydrogen-bond acceptors (Lipinski definition) is 5. The van der Waals surface area contributed by atoms with E-state index < -0.39 is 23.6 Å². The maximum absolute atomic E-state index is 12.6. The van der Waals surface area contributed by atoms with Gasteiger partial charge in [0, 0.05) is 18.3 Å². The standard InChI is InChI=1S/C20H25N5O4/c1-20(2,3)29-19(28)23-16(9-13-10-21-11-22-13)18(27)25-24-17(26)15-8-12-6-4-5-7-14(12)15/h4-7,10-11,15-16H,8-9H2,1-3H3,(H,21,22)(H,23,28)(H,24,26)(H,25,27). The summed E-state index contributed by atoms with van der Waals surface area (Å²) in [6.07, 6.45) is 3.10. The minimum Gasteiger partial charge on any atom is -0.444 e. The Morgan fingerprint density at radius 2 is 2.00 bits per heavy atom. The molecule has 0 aliphatic heterocycles. The Balaban J connectivity index is 1.58. The molecule has 0 bridgehead atoms. The summed E-state index contributed by atoms with van der Waals surface area (Å²) in [5.74, 6) is -1.16. The Morgan fingerprint density at radius 1 is 1.24 bits per heavy atom. The number of aromatic nitrogens is 2. The average molecular weight is 399 g/mol. The first-order valence-electron chi connectivity index (χ1n) is 9.37. The van der Waals surface area contributed by atoms with Crippen molar-refractivity contribution >= 4 is 17.9 Å². The fourth-order valence-corrected chi connectivity index (χ4v) is 3.07. The summed E-state index contributed by atoms with van der Waals surface area (Å²) in [5.41, 5.74) is 6.89. The van der Waals surface area contributed by atoms with Crippen LogP contribution in [0.5, 0.6) is 0 Å². The summed E-state index contributed by atoms with van der Waals surface area (Å²) in [5, 5.41) is 2.54. The molecule has 29 heavy (non-hydrogen) atoms. The second-order valence-corrected chi connectivity index (χ2v) is 7.91. The van der Waals surface area contributed by atoms with Gasteiger partial charge in [0.25, 0.3) is 5.91 Å². The number of benzene rings is 1. The van der Waals surface area contributed by atoms with Gasteiger partial charge >= 0.3 is 6.09 Å². The molecule has 1 aliphatic rings. The molecule has 0 spiro atoms. The number of aromatic amines is 1. The highest BCUT2D eigenvalue weighted by Gasteiger charge is 2.32. The van der Waals surface area contributed by atoms with Crippen molar-refractivity contribution in [2.75, 3.05) is 0 Å².